The predicted octanol–water partition coefficient (Wildman–Crippen LogP) is 2.62. The van der Waals surface area contributed by atoms with E-state index in [-0.39, 0.29) is 29.6 Å². The van der Waals surface area contributed by atoms with Gasteiger partial charge in [0.1, 0.15) is 0 Å². The molecule has 0 aliphatic carbocycles. The highest BCUT2D eigenvalue weighted by atomic mass is 35.5. The summed E-state index contributed by atoms with van der Waals surface area (Å²) in [7, 11) is 1.49. The van der Waals surface area contributed by atoms with E-state index in [4.69, 9.17) is 10.5 Å². The van der Waals surface area contributed by atoms with Gasteiger partial charge in [-0.15, -0.1) is 12.4 Å². The number of hydrogen-bond donors (Lipinski definition) is 3. The first kappa shape index (κ1) is 18.0. The molecule has 2 atom stereocenters. The van der Waals surface area contributed by atoms with E-state index in [2.05, 4.69) is 0 Å². The number of methoxy groups -OCH3 is 1. The van der Waals surface area contributed by atoms with Crippen LogP contribution in [0.15, 0.2) is 18.2 Å². The zero-order valence-electron chi connectivity index (χ0n) is 11.9. The van der Waals surface area contributed by atoms with E-state index in [9.17, 15) is 10.2 Å². The molecule has 1 rings (SSSR count). The number of benzene rings is 1. The third-order valence-electron chi connectivity index (χ3n) is 3.18. The van der Waals surface area contributed by atoms with E-state index >= 15 is 0 Å². The monoisotopic (exact) mass is 289 g/mol. The SMILES string of the molecule is COc1ccc([C@@H](O)C[C@@H](N)C(C)(C)C)cc1O.Cl. The minimum Gasteiger partial charge on any atom is -0.504 e. The molecular formula is C14H24ClNO3. The quantitative estimate of drug-likeness (QED) is 0.796. The first-order valence-electron chi connectivity index (χ1n) is 6.06. The van der Waals surface area contributed by atoms with Gasteiger partial charge in [-0.2, -0.15) is 0 Å². The van der Waals surface area contributed by atoms with Crippen molar-refractivity contribution in [3.05, 3.63) is 23.8 Å². The third-order valence-corrected chi connectivity index (χ3v) is 3.18. The molecule has 1 aromatic rings. The van der Waals surface area contributed by atoms with Gasteiger partial charge in [0.2, 0.25) is 0 Å². The number of aromatic hydroxyl groups is 1. The Morgan fingerprint density at radius 3 is 2.32 bits per heavy atom. The van der Waals surface area contributed by atoms with Gasteiger partial charge >= 0.3 is 0 Å². The zero-order chi connectivity index (χ0) is 13.9. The molecule has 0 heterocycles. The van der Waals surface area contributed by atoms with Gasteiger partial charge in [-0.25, -0.2) is 0 Å². The van der Waals surface area contributed by atoms with Gasteiger partial charge in [-0.05, 0) is 29.5 Å². The summed E-state index contributed by atoms with van der Waals surface area (Å²) in [4.78, 5) is 0. The molecular weight excluding hydrogens is 266 g/mol. The fourth-order valence-electron chi connectivity index (χ4n) is 1.64. The van der Waals surface area contributed by atoms with Crippen molar-refractivity contribution in [2.45, 2.75) is 39.3 Å². The van der Waals surface area contributed by atoms with Gasteiger partial charge in [0.25, 0.3) is 0 Å². The van der Waals surface area contributed by atoms with E-state index in [1.165, 1.54) is 13.2 Å². The van der Waals surface area contributed by atoms with E-state index in [1.54, 1.807) is 12.1 Å². The Labute approximate surface area is 121 Å². The number of phenols is 1. The Morgan fingerprint density at radius 2 is 1.89 bits per heavy atom. The highest BCUT2D eigenvalue weighted by Crippen LogP contribution is 2.32. The highest BCUT2D eigenvalue weighted by Gasteiger charge is 2.24. The summed E-state index contributed by atoms with van der Waals surface area (Å²) in [5.41, 5.74) is 6.62. The maximum absolute atomic E-state index is 10.1. The number of nitrogens with two attached hydrogens (primary N) is 1. The second kappa shape index (κ2) is 6.98. The molecule has 5 heteroatoms. The molecule has 0 saturated carbocycles. The van der Waals surface area contributed by atoms with E-state index in [1.807, 2.05) is 20.8 Å². The van der Waals surface area contributed by atoms with Crippen molar-refractivity contribution in [1.82, 2.24) is 0 Å². The molecule has 0 amide bonds. The third kappa shape index (κ3) is 4.90. The minimum absolute atomic E-state index is 0. The number of phenolic OH excluding ortho intramolecular Hbond substituents is 1. The van der Waals surface area contributed by atoms with Crippen LogP contribution >= 0.6 is 12.4 Å². The van der Waals surface area contributed by atoms with Crippen molar-refractivity contribution >= 4 is 12.4 Å². The second-order valence-corrected chi connectivity index (χ2v) is 5.66. The van der Waals surface area contributed by atoms with E-state index in [0.29, 0.717) is 17.7 Å². The first-order chi connectivity index (χ1) is 8.25. The number of hydrogen-bond acceptors (Lipinski definition) is 4. The van der Waals surface area contributed by atoms with Gasteiger partial charge in [0.05, 0.1) is 13.2 Å². The number of halogens is 1. The van der Waals surface area contributed by atoms with Crippen molar-refractivity contribution < 1.29 is 14.9 Å². The molecule has 4 nitrogen and oxygen atoms in total. The standard InChI is InChI=1S/C14H23NO3.ClH/c1-14(2,3)13(15)8-10(16)9-5-6-12(18-4)11(17)7-9;/h5-7,10,13,16-17H,8,15H2,1-4H3;1H/t10-,13+;/m0./s1. The summed E-state index contributed by atoms with van der Waals surface area (Å²) in [6.45, 7) is 6.11. The van der Waals surface area contributed by atoms with Crippen molar-refractivity contribution in [2.75, 3.05) is 7.11 Å². The number of aliphatic hydroxyl groups is 1. The molecule has 0 fully saturated rings. The molecule has 0 aliphatic heterocycles. The second-order valence-electron chi connectivity index (χ2n) is 5.66. The van der Waals surface area contributed by atoms with Crippen molar-refractivity contribution in [3.8, 4) is 11.5 Å². The van der Waals surface area contributed by atoms with Gasteiger partial charge in [-0.3, -0.25) is 0 Å². The lowest BCUT2D eigenvalue weighted by atomic mass is 9.83. The Bertz CT molecular complexity index is 404. The van der Waals surface area contributed by atoms with E-state index in [0.717, 1.165) is 0 Å². The van der Waals surface area contributed by atoms with Gasteiger partial charge in [0, 0.05) is 6.04 Å². The smallest absolute Gasteiger partial charge is 0.160 e. The van der Waals surface area contributed by atoms with Crippen LogP contribution in [0.2, 0.25) is 0 Å². The predicted molar refractivity (Wildman–Crippen MR) is 78.9 cm³/mol. The van der Waals surface area contributed by atoms with Crippen LogP contribution in [-0.2, 0) is 0 Å². The van der Waals surface area contributed by atoms with E-state index < -0.39 is 6.10 Å². The summed E-state index contributed by atoms with van der Waals surface area (Å²) in [6, 6.07) is 4.77. The fraction of sp³-hybridized carbons (Fsp3) is 0.571. The molecule has 19 heavy (non-hydrogen) atoms. The van der Waals surface area contributed by atoms with Crippen LogP contribution in [0.3, 0.4) is 0 Å². The molecule has 110 valence electrons. The van der Waals surface area contributed by atoms with Crippen LogP contribution in [0.5, 0.6) is 11.5 Å². The molecule has 0 unspecified atom stereocenters. The van der Waals surface area contributed by atoms with Crippen LogP contribution in [0, 0.1) is 5.41 Å². The van der Waals surface area contributed by atoms with Crippen LogP contribution in [0.1, 0.15) is 38.9 Å². The lowest BCUT2D eigenvalue weighted by Gasteiger charge is -2.29. The number of ether oxygens (including phenoxy) is 1. The summed E-state index contributed by atoms with van der Waals surface area (Å²) in [5, 5.41) is 19.8. The topological polar surface area (TPSA) is 75.7 Å². The zero-order valence-corrected chi connectivity index (χ0v) is 12.7. The Hall–Kier alpha value is -0.970. The Balaban J connectivity index is 0.00000324. The van der Waals surface area contributed by atoms with Crippen LogP contribution in [0.4, 0.5) is 0 Å². The molecule has 0 aliphatic rings. The van der Waals surface area contributed by atoms with Gasteiger partial charge < -0.3 is 20.7 Å². The maximum Gasteiger partial charge on any atom is 0.160 e. The molecule has 0 saturated heterocycles. The Kier molecular flexibility index (Phi) is 6.63. The number of rotatable bonds is 4. The largest absolute Gasteiger partial charge is 0.504 e. The first-order valence-corrected chi connectivity index (χ1v) is 6.06. The summed E-state index contributed by atoms with van der Waals surface area (Å²) >= 11 is 0. The summed E-state index contributed by atoms with van der Waals surface area (Å²) < 4.78 is 4.96. The lowest BCUT2D eigenvalue weighted by Crippen LogP contribution is -2.36. The summed E-state index contributed by atoms with van der Waals surface area (Å²) in [5.74, 6) is 0.421. The summed E-state index contributed by atoms with van der Waals surface area (Å²) in [6.07, 6.45) is -0.231. The highest BCUT2D eigenvalue weighted by molar-refractivity contribution is 5.85. The molecule has 1 aromatic carbocycles. The van der Waals surface area contributed by atoms with Crippen LogP contribution in [-0.4, -0.2) is 23.4 Å². The minimum atomic E-state index is -0.684. The molecule has 0 bridgehead atoms. The average molecular weight is 290 g/mol. The molecule has 0 aromatic heterocycles. The van der Waals surface area contributed by atoms with Crippen LogP contribution < -0.4 is 10.5 Å². The Morgan fingerprint density at radius 1 is 1.32 bits per heavy atom. The normalized spacial score (nSPS) is 14.4. The van der Waals surface area contributed by atoms with Crippen molar-refractivity contribution in [3.63, 3.8) is 0 Å². The number of aliphatic hydroxyl groups excluding tert-OH is 1. The van der Waals surface area contributed by atoms with Gasteiger partial charge in [0.15, 0.2) is 11.5 Å². The fourth-order valence-corrected chi connectivity index (χ4v) is 1.64. The average Bonchev–Trinajstić information content (AvgIpc) is 2.27. The lowest BCUT2D eigenvalue weighted by molar-refractivity contribution is 0.133. The molecule has 4 N–H and O–H groups in total. The maximum atomic E-state index is 10.1. The van der Waals surface area contributed by atoms with Crippen LogP contribution in [0.25, 0.3) is 0 Å². The van der Waals surface area contributed by atoms with Gasteiger partial charge in [-0.1, -0.05) is 26.8 Å². The van der Waals surface area contributed by atoms with Crippen molar-refractivity contribution in [1.29, 1.82) is 0 Å². The van der Waals surface area contributed by atoms with Crippen molar-refractivity contribution in [2.24, 2.45) is 11.1 Å². The molecule has 0 spiro atoms. The molecule has 0 radical (unpaired) electrons.